The molecule has 1 amide bonds. The SMILES string of the molecule is CC1CCC(CN(C)C2CCC3(CC2)CCN(C(=O)C(C)C)CC3)CC1. The zero-order chi connectivity index (χ0) is 18.7. The first kappa shape index (κ1) is 20.2. The van der Waals surface area contributed by atoms with Crippen LogP contribution in [-0.4, -0.2) is 48.4 Å². The molecule has 3 nitrogen and oxygen atoms in total. The lowest BCUT2D eigenvalue weighted by Gasteiger charge is -2.48. The third-order valence-corrected chi connectivity index (χ3v) is 7.95. The number of likely N-dealkylation sites (tertiary alicyclic amines) is 1. The van der Waals surface area contributed by atoms with Crippen molar-refractivity contribution < 1.29 is 4.79 Å². The monoisotopic (exact) mass is 362 g/mol. The molecule has 2 aliphatic carbocycles. The first-order valence-electron chi connectivity index (χ1n) is 11.4. The predicted octanol–water partition coefficient (Wildman–Crippen LogP) is 4.95. The maximum atomic E-state index is 12.2. The first-order valence-corrected chi connectivity index (χ1v) is 11.4. The van der Waals surface area contributed by atoms with Crippen LogP contribution >= 0.6 is 0 Å². The maximum absolute atomic E-state index is 12.2. The van der Waals surface area contributed by atoms with Crippen LogP contribution in [0.1, 0.15) is 85.0 Å². The molecule has 26 heavy (non-hydrogen) atoms. The van der Waals surface area contributed by atoms with Gasteiger partial charge in [-0.05, 0) is 75.7 Å². The molecule has 0 N–H and O–H groups in total. The van der Waals surface area contributed by atoms with Crippen molar-refractivity contribution in [1.82, 2.24) is 9.80 Å². The summed E-state index contributed by atoms with van der Waals surface area (Å²) in [7, 11) is 2.38. The number of piperidine rings is 1. The van der Waals surface area contributed by atoms with E-state index in [1.165, 1.54) is 70.8 Å². The van der Waals surface area contributed by atoms with Gasteiger partial charge in [0, 0.05) is 31.6 Å². The number of hydrogen-bond donors (Lipinski definition) is 0. The van der Waals surface area contributed by atoms with Gasteiger partial charge in [0.15, 0.2) is 0 Å². The fourth-order valence-electron chi connectivity index (χ4n) is 5.79. The molecule has 3 fully saturated rings. The summed E-state index contributed by atoms with van der Waals surface area (Å²) in [5.74, 6) is 2.41. The summed E-state index contributed by atoms with van der Waals surface area (Å²) in [5.41, 5.74) is 0.547. The zero-order valence-corrected chi connectivity index (χ0v) is 17.8. The quantitative estimate of drug-likeness (QED) is 0.706. The van der Waals surface area contributed by atoms with Crippen LogP contribution in [0.5, 0.6) is 0 Å². The second kappa shape index (κ2) is 8.63. The van der Waals surface area contributed by atoms with Gasteiger partial charge in [0.2, 0.25) is 5.91 Å². The summed E-state index contributed by atoms with van der Waals surface area (Å²) >= 11 is 0. The van der Waals surface area contributed by atoms with Crippen molar-refractivity contribution in [3.05, 3.63) is 0 Å². The van der Waals surface area contributed by atoms with Crippen LogP contribution in [0, 0.1) is 23.2 Å². The van der Waals surface area contributed by atoms with E-state index in [2.05, 4.69) is 23.8 Å². The Kier molecular flexibility index (Phi) is 6.69. The molecule has 3 aliphatic rings. The third-order valence-electron chi connectivity index (χ3n) is 7.95. The molecule has 0 aromatic rings. The Morgan fingerprint density at radius 2 is 1.58 bits per heavy atom. The van der Waals surface area contributed by atoms with Crippen molar-refractivity contribution in [3.8, 4) is 0 Å². The molecule has 150 valence electrons. The molecule has 0 unspecified atom stereocenters. The van der Waals surface area contributed by atoms with Gasteiger partial charge in [-0.1, -0.05) is 33.6 Å². The van der Waals surface area contributed by atoms with E-state index in [-0.39, 0.29) is 5.92 Å². The minimum absolute atomic E-state index is 0.149. The van der Waals surface area contributed by atoms with E-state index in [4.69, 9.17) is 0 Å². The molecule has 0 bridgehead atoms. The number of carbonyl (C=O) groups excluding carboxylic acids is 1. The summed E-state index contributed by atoms with van der Waals surface area (Å²) in [6.07, 6.45) is 13.8. The molecule has 0 atom stereocenters. The molecule has 1 spiro atoms. The topological polar surface area (TPSA) is 23.6 Å². The highest BCUT2D eigenvalue weighted by Crippen LogP contribution is 2.45. The molecule has 0 aromatic carbocycles. The van der Waals surface area contributed by atoms with E-state index >= 15 is 0 Å². The van der Waals surface area contributed by atoms with E-state index in [0.717, 1.165) is 31.0 Å². The largest absolute Gasteiger partial charge is 0.342 e. The Bertz CT molecular complexity index is 449. The minimum atomic E-state index is 0.149. The highest BCUT2D eigenvalue weighted by Gasteiger charge is 2.40. The molecule has 0 aromatic heterocycles. The van der Waals surface area contributed by atoms with Gasteiger partial charge in [-0.15, -0.1) is 0 Å². The summed E-state index contributed by atoms with van der Waals surface area (Å²) in [6, 6.07) is 0.801. The smallest absolute Gasteiger partial charge is 0.225 e. The van der Waals surface area contributed by atoms with E-state index < -0.39 is 0 Å². The normalized spacial score (nSPS) is 30.3. The Morgan fingerprint density at radius 3 is 2.12 bits per heavy atom. The van der Waals surface area contributed by atoms with Gasteiger partial charge in [0.05, 0.1) is 0 Å². The van der Waals surface area contributed by atoms with E-state index in [9.17, 15) is 4.79 Å². The van der Waals surface area contributed by atoms with Crippen LogP contribution in [0.15, 0.2) is 0 Å². The molecule has 1 saturated heterocycles. The Hall–Kier alpha value is -0.570. The molecular weight excluding hydrogens is 320 g/mol. The maximum Gasteiger partial charge on any atom is 0.225 e. The van der Waals surface area contributed by atoms with Crippen LogP contribution in [0.3, 0.4) is 0 Å². The lowest BCUT2D eigenvalue weighted by atomic mass is 9.66. The van der Waals surface area contributed by atoms with Crippen LogP contribution in [0.2, 0.25) is 0 Å². The molecule has 1 aliphatic heterocycles. The molecule has 2 saturated carbocycles. The molecule has 3 rings (SSSR count). The average Bonchev–Trinajstić information content (AvgIpc) is 2.64. The van der Waals surface area contributed by atoms with Gasteiger partial charge >= 0.3 is 0 Å². The second-order valence-corrected chi connectivity index (χ2v) is 10.3. The summed E-state index contributed by atoms with van der Waals surface area (Å²) < 4.78 is 0. The van der Waals surface area contributed by atoms with Crippen LogP contribution < -0.4 is 0 Å². The summed E-state index contributed by atoms with van der Waals surface area (Å²) in [5, 5.41) is 0. The highest BCUT2D eigenvalue weighted by molar-refractivity contribution is 5.78. The number of hydrogen-bond acceptors (Lipinski definition) is 2. The number of nitrogens with zero attached hydrogens (tertiary/aromatic N) is 2. The van der Waals surface area contributed by atoms with E-state index in [0.29, 0.717) is 11.3 Å². The van der Waals surface area contributed by atoms with E-state index in [1.807, 2.05) is 13.8 Å². The van der Waals surface area contributed by atoms with Gasteiger partial charge in [0.1, 0.15) is 0 Å². The summed E-state index contributed by atoms with van der Waals surface area (Å²) in [4.78, 5) is 17.1. The zero-order valence-electron chi connectivity index (χ0n) is 17.8. The van der Waals surface area contributed by atoms with Crippen molar-refractivity contribution in [2.45, 2.75) is 91.0 Å². The predicted molar refractivity (Wildman–Crippen MR) is 109 cm³/mol. The van der Waals surface area contributed by atoms with Gasteiger partial charge < -0.3 is 9.80 Å². The Morgan fingerprint density at radius 1 is 1.00 bits per heavy atom. The first-order chi connectivity index (χ1) is 12.4. The number of amides is 1. The standard InChI is InChI=1S/C23H42N2O/c1-18(2)22(26)25-15-13-23(14-16-25)11-9-21(10-12-23)24(4)17-20-7-5-19(3)6-8-20/h18-21H,5-17H2,1-4H3. The fraction of sp³-hybridized carbons (Fsp3) is 0.957. The number of carbonyl (C=O) groups is 1. The van der Waals surface area contributed by atoms with Crippen molar-refractivity contribution in [2.24, 2.45) is 23.2 Å². The molecule has 3 heteroatoms. The minimum Gasteiger partial charge on any atom is -0.342 e. The van der Waals surface area contributed by atoms with Gasteiger partial charge in [-0.2, -0.15) is 0 Å². The molecule has 1 heterocycles. The molecular formula is C23H42N2O. The average molecular weight is 363 g/mol. The summed E-state index contributed by atoms with van der Waals surface area (Å²) in [6.45, 7) is 9.79. The highest BCUT2D eigenvalue weighted by atomic mass is 16.2. The van der Waals surface area contributed by atoms with Crippen molar-refractivity contribution in [2.75, 3.05) is 26.7 Å². The third kappa shape index (κ3) is 4.82. The van der Waals surface area contributed by atoms with Crippen molar-refractivity contribution in [1.29, 1.82) is 0 Å². The number of rotatable bonds is 4. The van der Waals surface area contributed by atoms with Gasteiger partial charge in [-0.25, -0.2) is 0 Å². The lowest BCUT2D eigenvalue weighted by Crippen LogP contribution is -2.48. The Balaban J connectivity index is 1.42. The van der Waals surface area contributed by atoms with Crippen molar-refractivity contribution in [3.63, 3.8) is 0 Å². The van der Waals surface area contributed by atoms with Crippen molar-refractivity contribution >= 4 is 5.91 Å². The van der Waals surface area contributed by atoms with E-state index in [1.54, 1.807) is 0 Å². The molecule has 0 radical (unpaired) electrons. The Labute approximate surface area is 161 Å². The van der Waals surface area contributed by atoms with Gasteiger partial charge in [-0.3, -0.25) is 4.79 Å². The van der Waals surface area contributed by atoms with Gasteiger partial charge in [0.25, 0.3) is 0 Å². The van der Waals surface area contributed by atoms with Crippen LogP contribution in [-0.2, 0) is 4.79 Å². The van der Waals surface area contributed by atoms with Crippen LogP contribution in [0.4, 0.5) is 0 Å². The fourth-order valence-corrected chi connectivity index (χ4v) is 5.79. The lowest BCUT2D eigenvalue weighted by molar-refractivity contribution is -0.137. The second-order valence-electron chi connectivity index (χ2n) is 10.3. The van der Waals surface area contributed by atoms with Crippen LogP contribution in [0.25, 0.3) is 0 Å².